The Morgan fingerprint density at radius 2 is 1.90 bits per heavy atom. The third-order valence-electron chi connectivity index (χ3n) is 4.26. The summed E-state index contributed by atoms with van der Waals surface area (Å²) in [4.78, 5) is 0. The highest BCUT2D eigenvalue weighted by molar-refractivity contribution is 9.10. The molecule has 0 saturated heterocycles. The van der Waals surface area contributed by atoms with Crippen molar-refractivity contribution >= 4 is 21.6 Å². The fraction of sp³-hybridized carbons (Fsp3) is 0.333. The first-order valence-electron chi connectivity index (χ1n) is 7.28. The fourth-order valence-electron chi connectivity index (χ4n) is 2.94. The second-order valence-corrected chi connectivity index (χ2v) is 6.51. The number of rotatable bonds is 3. The van der Waals surface area contributed by atoms with Crippen LogP contribution in [0, 0.1) is 6.92 Å². The van der Waals surface area contributed by atoms with Crippen molar-refractivity contribution in [1.29, 1.82) is 0 Å². The van der Waals surface area contributed by atoms with E-state index in [0.29, 0.717) is 6.04 Å². The van der Waals surface area contributed by atoms with Gasteiger partial charge < -0.3 is 5.32 Å². The van der Waals surface area contributed by atoms with E-state index in [4.69, 9.17) is 0 Å². The minimum Gasteiger partial charge on any atom is -0.378 e. The molecule has 104 valence electrons. The minimum absolute atomic E-state index is 0.328. The van der Waals surface area contributed by atoms with Gasteiger partial charge in [-0.15, -0.1) is 0 Å². The summed E-state index contributed by atoms with van der Waals surface area (Å²) in [5, 5.41) is 3.63. The van der Waals surface area contributed by atoms with Gasteiger partial charge in [-0.2, -0.15) is 0 Å². The first-order valence-corrected chi connectivity index (χ1v) is 8.08. The lowest BCUT2D eigenvalue weighted by molar-refractivity contribution is 0.877. The van der Waals surface area contributed by atoms with Crippen molar-refractivity contribution in [3.8, 4) is 0 Å². The molecule has 1 atom stereocenters. The molecule has 0 amide bonds. The number of aryl methyl sites for hydroxylation is 2. The zero-order chi connectivity index (χ0) is 14.1. The normalized spacial score (nSPS) is 14.9. The molecule has 1 aliphatic rings. The summed E-state index contributed by atoms with van der Waals surface area (Å²) < 4.78 is 1.16. The van der Waals surface area contributed by atoms with Crippen LogP contribution in [0.3, 0.4) is 0 Å². The molecular weight excluding hydrogens is 310 g/mol. The van der Waals surface area contributed by atoms with Gasteiger partial charge in [0.2, 0.25) is 0 Å². The zero-order valence-electron chi connectivity index (χ0n) is 12.0. The maximum absolute atomic E-state index is 3.63. The largest absolute Gasteiger partial charge is 0.378 e. The molecule has 0 heterocycles. The van der Waals surface area contributed by atoms with E-state index in [1.165, 1.54) is 36.1 Å². The number of fused-ring (bicyclic) bond motifs is 1. The summed E-state index contributed by atoms with van der Waals surface area (Å²) >= 11 is 3.59. The highest BCUT2D eigenvalue weighted by Crippen LogP contribution is 2.29. The third kappa shape index (κ3) is 2.62. The van der Waals surface area contributed by atoms with Crippen LogP contribution in [0.15, 0.2) is 40.9 Å². The van der Waals surface area contributed by atoms with Crippen LogP contribution in [-0.2, 0) is 12.8 Å². The quantitative estimate of drug-likeness (QED) is 0.792. The summed E-state index contributed by atoms with van der Waals surface area (Å²) in [6, 6.07) is 13.6. The molecule has 0 saturated carbocycles. The zero-order valence-corrected chi connectivity index (χ0v) is 13.6. The molecule has 2 aromatic carbocycles. The van der Waals surface area contributed by atoms with E-state index in [1.54, 1.807) is 11.1 Å². The molecule has 0 aromatic heterocycles. The first kappa shape index (κ1) is 13.7. The highest BCUT2D eigenvalue weighted by Gasteiger charge is 2.14. The summed E-state index contributed by atoms with van der Waals surface area (Å²) in [7, 11) is 0. The lowest BCUT2D eigenvalue weighted by atomic mass is 10.0. The molecule has 2 aromatic rings. The molecule has 20 heavy (non-hydrogen) atoms. The minimum atomic E-state index is 0.328. The lowest BCUT2D eigenvalue weighted by Crippen LogP contribution is -2.08. The van der Waals surface area contributed by atoms with Crippen molar-refractivity contribution in [2.45, 2.75) is 39.2 Å². The Labute approximate surface area is 129 Å². The van der Waals surface area contributed by atoms with Gasteiger partial charge >= 0.3 is 0 Å². The Bertz CT molecular complexity index is 633. The first-order chi connectivity index (χ1) is 9.65. The summed E-state index contributed by atoms with van der Waals surface area (Å²) in [5.41, 5.74) is 6.93. The maximum atomic E-state index is 3.63. The van der Waals surface area contributed by atoms with Gasteiger partial charge in [-0.25, -0.2) is 0 Å². The molecule has 0 fully saturated rings. The van der Waals surface area contributed by atoms with Crippen LogP contribution in [0.25, 0.3) is 0 Å². The molecule has 2 heteroatoms. The molecule has 1 nitrogen and oxygen atoms in total. The van der Waals surface area contributed by atoms with E-state index in [0.717, 1.165) is 4.47 Å². The smallest absolute Gasteiger partial charge is 0.0485 e. The van der Waals surface area contributed by atoms with Gasteiger partial charge in [-0.05, 0) is 67.5 Å². The second-order valence-electron chi connectivity index (χ2n) is 5.66. The molecule has 1 N–H and O–H groups in total. The molecule has 0 radical (unpaired) electrons. The summed E-state index contributed by atoms with van der Waals surface area (Å²) in [6.45, 7) is 4.37. The van der Waals surface area contributed by atoms with Gasteiger partial charge in [0.1, 0.15) is 0 Å². The maximum Gasteiger partial charge on any atom is 0.0485 e. The van der Waals surface area contributed by atoms with Gasteiger partial charge in [-0.1, -0.05) is 40.2 Å². The van der Waals surface area contributed by atoms with E-state index in [1.807, 2.05) is 0 Å². The van der Waals surface area contributed by atoms with Crippen LogP contribution in [0.5, 0.6) is 0 Å². The fourth-order valence-corrected chi connectivity index (χ4v) is 3.31. The van der Waals surface area contributed by atoms with E-state index < -0.39 is 0 Å². The molecule has 0 spiro atoms. The van der Waals surface area contributed by atoms with Crippen LogP contribution in [0.4, 0.5) is 5.69 Å². The molecule has 0 bridgehead atoms. The Kier molecular flexibility index (Phi) is 3.84. The number of hydrogen-bond donors (Lipinski definition) is 1. The van der Waals surface area contributed by atoms with Crippen LogP contribution in [0.1, 0.15) is 41.6 Å². The van der Waals surface area contributed by atoms with Crippen LogP contribution in [-0.4, -0.2) is 0 Å². The second kappa shape index (κ2) is 5.61. The number of anilines is 1. The Morgan fingerprint density at radius 3 is 2.75 bits per heavy atom. The van der Waals surface area contributed by atoms with Gasteiger partial charge in [-0.3, -0.25) is 0 Å². The van der Waals surface area contributed by atoms with Crippen molar-refractivity contribution < 1.29 is 0 Å². The van der Waals surface area contributed by atoms with Crippen molar-refractivity contribution in [2.24, 2.45) is 0 Å². The lowest BCUT2D eigenvalue weighted by Gasteiger charge is -2.19. The average molecular weight is 330 g/mol. The van der Waals surface area contributed by atoms with Gasteiger partial charge in [0, 0.05) is 16.2 Å². The molecule has 1 unspecified atom stereocenters. The monoisotopic (exact) mass is 329 g/mol. The van der Waals surface area contributed by atoms with E-state index in [2.05, 4.69) is 71.5 Å². The van der Waals surface area contributed by atoms with Crippen molar-refractivity contribution in [1.82, 2.24) is 0 Å². The standard InChI is InChI=1S/C18H20BrN/c1-12-17(19)7-4-8-18(12)20-13(2)15-10-9-14-5-3-6-16(14)11-15/h4,7-11,13,20H,3,5-6H2,1-2H3. The van der Waals surface area contributed by atoms with E-state index in [9.17, 15) is 0 Å². The van der Waals surface area contributed by atoms with Crippen LogP contribution >= 0.6 is 15.9 Å². The van der Waals surface area contributed by atoms with Crippen molar-refractivity contribution in [2.75, 3.05) is 5.32 Å². The number of nitrogens with one attached hydrogen (secondary N) is 1. The Hall–Kier alpha value is -1.28. The summed E-state index contributed by atoms with van der Waals surface area (Å²) in [6.07, 6.45) is 3.80. The average Bonchev–Trinajstić information content (AvgIpc) is 2.91. The van der Waals surface area contributed by atoms with Gasteiger partial charge in [0.25, 0.3) is 0 Å². The van der Waals surface area contributed by atoms with Gasteiger partial charge in [0.05, 0.1) is 0 Å². The van der Waals surface area contributed by atoms with Gasteiger partial charge in [0.15, 0.2) is 0 Å². The number of halogens is 1. The number of hydrogen-bond acceptors (Lipinski definition) is 1. The van der Waals surface area contributed by atoms with E-state index in [-0.39, 0.29) is 0 Å². The molecule has 1 aliphatic carbocycles. The van der Waals surface area contributed by atoms with Crippen LogP contribution in [0.2, 0.25) is 0 Å². The molecule has 3 rings (SSSR count). The van der Waals surface area contributed by atoms with Crippen molar-refractivity contribution in [3.63, 3.8) is 0 Å². The molecule has 0 aliphatic heterocycles. The number of benzene rings is 2. The SMILES string of the molecule is Cc1c(Br)cccc1NC(C)c1ccc2c(c1)CCC2. The molecular formula is C18H20BrN. The third-order valence-corrected chi connectivity index (χ3v) is 5.12. The topological polar surface area (TPSA) is 12.0 Å². The highest BCUT2D eigenvalue weighted by atomic mass is 79.9. The van der Waals surface area contributed by atoms with E-state index >= 15 is 0 Å². The Balaban J connectivity index is 1.82. The van der Waals surface area contributed by atoms with Crippen LogP contribution < -0.4 is 5.32 Å². The predicted molar refractivity (Wildman–Crippen MR) is 89.4 cm³/mol. The predicted octanol–water partition coefficient (Wildman–Crippen LogP) is 5.42. The summed E-state index contributed by atoms with van der Waals surface area (Å²) in [5.74, 6) is 0. The Morgan fingerprint density at radius 1 is 1.10 bits per heavy atom. The van der Waals surface area contributed by atoms with Crippen molar-refractivity contribution in [3.05, 3.63) is 63.1 Å².